The van der Waals surface area contributed by atoms with E-state index >= 15 is 0 Å². The number of rotatable bonds is 5. The second-order valence-corrected chi connectivity index (χ2v) is 8.32. The van der Waals surface area contributed by atoms with Crippen LogP contribution in [0.3, 0.4) is 0 Å². The van der Waals surface area contributed by atoms with E-state index in [2.05, 4.69) is 16.7 Å². The molecule has 1 fully saturated rings. The van der Waals surface area contributed by atoms with Crippen molar-refractivity contribution in [3.63, 3.8) is 0 Å². The second kappa shape index (κ2) is 9.56. The molecule has 0 spiro atoms. The van der Waals surface area contributed by atoms with Gasteiger partial charge < -0.3 is 21.1 Å². The van der Waals surface area contributed by atoms with Crippen LogP contribution in [-0.2, 0) is 16.0 Å². The number of ether oxygens (including phenoxy) is 1. The highest BCUT2D eigenvalue weighted by Gasteiger charge is 2.26. The highest BCUT2D eigenvalue weighted by atomic mass is 16.6. The quantitative estimate of drug-likeness (QED) is 0.718. The molecule has 28 heavy (non-hydrogen) atoms. The van der Waals surface area contributed by atoms with Gasteiger partial charge in [-0.3, -0.25) is 4.79 Å². The number of nitrogens with one attached hydrogen (secondary N) is 2. The van der Waals surface area contributed by atoms with Crippen LogP contribution in [0.2, 0.25) is 0 Å². The molecule has 2 rings (SSSR count). The van der Waals surface area contributed by atoms with Gasteiger partial charge in [-0.05, 0) is 70.6 Å². The number of hydrogen-bond acceptors (Lipinski definition) is 5. The third kappa shape index (κ3) is 7.20. The zero-order chi connectivity index (χ0) is 20.7. The Balaban J connectivity index is 1.73. The van der Waals surface area contributed by atoms with Crippen LogP contribution in [0, 0.1) is 11.3 Å². The highest BCUT2D eigenvalue weighted by Crippen LogP contribution is 2.19. The first-order chi connectivity index (χ1) is 13.2. The van der Waals surface area contributed by atoms with E-state index in [0.29, 0.717) is 12.0 Å². The molecule has 7 nitrogen and oxygen atoms in total. The van der Waals surface area contributed by atoms with Crippen molar-refractivity contribution in [1.29, 1.82) is 5.26 Å². The number of hydrogen-bond donors (Lipinski definition) is 3. The lowest BCUT2D eigenvalue weighted by atomic mass is 9.91. The predicted octanol–water partition coefficient (Wildman–Crippen LogP) is 2.38. The lowest BCUT2D eigenvalue weighted by Gasteiger charge is -2.31. The number of amides is 2. The van der Waals surface area contributed by atoms with Gasteiger partial charge in [0.1, 0.15) is 5.60 Å². The topological polar surface area (TPSA) is 117 Å². The van der Waals surface area contributed by atoms with Gasteiger partial charge in [0.05, 0.1) is 17.7 Å². The van der Waals surface area contributed by atoms with Gasteiger partial charge in [-0.25, -0.2) is 4.79 Å². The summed E-state index contributed by atoms with van der Waals surface area (Å²) in [7, 11) is 0. The Morgan fingerprint density at radius 3 is 2.18 bits per heavy atom. The summed E-state index contributed by atoms with van der Waals surface area (Å²) in [6.07, 6.45) is 3.17. The monoisotopic (exact) mass is 386 g/mol. The number of nitriles is 1. The number of nitrogens with zero attached hydrogens (tertiary/aromatic N) is 1. The minimum atomic E-state index is -0.634. The number of nitrogens with two attached hydrogens (primary N) is 1. The molecular weight excluding hydrogens is 356 g/mol. The third-order valence-corrected chi connectivity index (χ3v) is 4.67. The Morgan fingerprint density at radius 1 is 1.14 bits per heavy atom. The summed E-state index contributed by atoms with van der Waals surface area (Å²) in [6, 6.07) is 8.64. The Bertz CT molecular complexity index is 711. The molecule has 2 amide bonds. The van der Waals surface area contributed by atoms with Gasteiger partial charge in [-0.15, -0.1) is 0 Å². The molecule has 1 aromatic rings. The van der Waals surface area contributed by atoms with Crippen LogP contribution in [0.25, 0.3) is 0 Å². The Kier molecular flexibility index (Phi) is 7.41. The van der Waals surface area contributed by atoms with Gasteiger partial charge >= 0.3 is 6.09 Å². The smallest absolute Gasteiger partial charge is 0.407 e. The van der Waals surface area contributed by atoms with Gasteiger partial charge in [-0.2, -0.15) is 5.26 Å². The van der Waals surface area contributed by atoms with Crippen molar-refractivity contribution in [3.05, 3.63) is 35.4 Å². The Morgan fingerprint density at radius 2 is 1.68 bits per heavy atom. The van der Waals surface area contributed by atoms with E-state index in [-0.39, 0.29) is 18.0 Å². The maximum Gasteiger partial charge on any atom is 0.407 e. The van der Waals surface area contributed by atoms with Crippen molar-refractivity contribution >= 4 is 12.0 Å². The van der Waals surface area contributed by atoms with E-state index in [9.17, 15) is 9.59 Å². The summed E-state index contributed by atoms with van der Waals surface area (Å²) >= 11 is 0. The molecule has 0 bridgehead atoms. The first-order valence-corrected chi connectivity index (χ1v) is 9.71. The van der Waals surface area contributed by atoms with Crippen molar-refractivity contribution < 1.29 is 14.3 Å². The average Bonchev–Trinajstić information content (AvgIpc) is 2.62. The second-order valence-electron chi connectivity index (χ2n) is 8.32. The van der Waals surface area contributed by atoms with E-state index in [1.54, 1.807) is 12.1 Å². The lowest BCUT2D eigenvalue weighted by molar-refractivity contribution is -0.123. The maximum atomic E-state index is 12.4. The third-order valence-electron chi connectivity index (χ3n) is 4.67. The molecule has 0 aliphatic heterocycles. The fourth-order valence-corrected chi connectivity index (χ4v) is 3.23. The SMILES string of the molecule is CC(C)(C)OC(=O)NC1CCC(NC(=O)[C@H](N)Cc2ccc(C#N)cc2)CC1. The molecule has 0 aromatic heterocycles. The minimum absolute atomic E-state index is 0.0651. The summed E-state index contributed by atoms with van der Waals surface area (Å²) < 4.78 is 5.28. The molecule has 1 saturated carbocycles. The van der Waals surface area contributed by atoms with Gasteiger partial charge in [0.2, 0.25) is 5.91 Å². The standard InChI is InChI=1S/C21H30N4O3/c1-21(2,3)28-20(27)25-17-10-8-16(9-11-17)24-19(26)18(23)12-14-4-6-15(13-22)7-5-14/h4-7,16-18H,8-12,23H2,1-3H3,(H,24,26)(H,25,27)/t16?,17?,18-/m1/s1. The van der Waals surface area contributed by atoms with Crippen LogP contribution < -0.4 is 16.4 Å². The number of benzene rings is 1. The van der Waals surface area contributed by atoms with Crippen LogP contribution in [0.1, 0.15) is 57.6 Å². The Labute approximate surface area is 166 Å². The van der Waals surface area contributed by atoms with E-state index in [1.165, 1.54) is 0 Å². The van der Waals surface area contributed by atoms with Gasteiger partial charge in [0.25, 0.3) is 0 Å². The van der Waals surface area contributed by atoms with Crippen molar-refractivity contribution in [2.75, 3.05) is 0 Å². The maximum absolute atomic E-state index is 12.4. The van der Waals surface area contributed by atoms with E-state index in [4.69, 9.17) is 15.7 Å². The normalized spacial score (nSPS) is 20.5. The first kappa shape index (κ1) is 21.7. The molecule has 7 heteroatoms. The predicted molar refractivity (Wildman–Crippen MR) is 106 cm³/mol. The van der Waals surface area contributed by atoms with Crippen LogP contribution in [0.4, 0.5) is 4.79 Å². The molecular formula is C21H30N4O3. The lowest BCUT2D eigenvalue weighted by Crippen LogP contribution is -2.49. The fraction of sp³-hybridized carbons (Fsp3) is 0.571. The number of alkyl carbamates (subject to hydrolysis) is 1. The zero-order valence-corrected chi connectivity index (χ0v) is 16.8. The molecule has 0 unspecified atom stereocenters. The summed E-state index contributed by atoms with van der Waals surface area (Å²) in [5, 5.41) is 14.7. The van der Waals surface area contributed by atoms with E-state index in [0.717, 1.165) is 31.2 Å². The summed E-state index contributed by atoms with van der Waals surface area (Å²) in [5.74, 6) is -0.173. The van der Waals surface area contributed by atoms with Crippen molar-refractivity contribution in [1.82, 2.24) is 10.6 Å². The molecule has 0 saturated heterocycles. The molecule has 152 valence electrons. The van der Waals surface area contributed by atoms with Crippen LogP contribution in [-0.4, -0.2) is 35.7 Å². The number of carbonyl (C=O) groups excluding carboxylic acids is 2. The van der Waals surface area contributed by atoms with E-state index < -0.39 is 17.7 Å². The molecule has 1 aliphatic rings. The van der Waals surface area contributed by atoms with Crippen LogP contribution >= 0.6 is 0 Å². The minimum Gasteiger partial charge on any atom is -0.444 e. The summed E-state index contributed by atoms with van der Waals surface area (Å²) in [5.41, 5.74) is 7.03. The fourth-order valence-electron chi connectivity index (χ4n) is 3.23. The van der Waals surface area contributed by atoms with Gasteiger partial charge in [-0.1, -0.05) is 12.1 Å². The first-order valence-electron chi connectivity index (χ1n) is 9.71. The molecule has 1 atom stereocenters. The molecule has 1 aliphatic carbocycles. The van der Waals surface area contributed by atoms with E-state index in [1.807, 2.05) is 32.9 Å². The van der Waals surface area contributed by atoms with Crippen LogP contribution in [0.5, 0.6) is 0 Å². The van der Waals surface area contributed by atoms with Gasteiger partial charge in [0.15, 0.2) is 0 Å². The highest BCUT2D eigenvalue weighted by molar-refractivity contribution is 5.82. The zero-order valence-electron chi connectivity index (χ0n) is 16.8. The summed E-state index contributed by atoms with van der Waals surface area (Å²) in [6.45, 7) is 5.50. The molecule has 1 aromatic carbocycles. The van der Waals surface area contributed by atoms with Crippen molar-refractivity contribution in [2.45, 2.75) is 76.6 Å². The molecule has 0 heterocycles. The average molecular weight is 386 g/mol. The van der Waals surface area contributed by atoms with Gasteiger partial charge in [0, 0.05) is 12.1 Å². The Hall–Kier alpha value is -2.59. The molecule has 0 radical (unpaired) electrons. The van der Waals surface area contributed by atoms with Crippen molar-refractivity contribution in [2.24, 2.45) is 5.73 Å². The molecule has 4 N–H and O–H groups in total. The summed E-state index contributed by atoms with van der Waals surface area (Å²) in [4.78, 5) is 24.2. The largest absolute Gasteiger partial charge is 0.444 e. The van der Waals surface area contributed by atoms with Crippen LogP contribution in [0.15, 0.2) is 24.3 Å². The van der Waals surface area contributed by atoms with Crippen molar-refractivity contribution in [3.8, 4) is 6.07 Å². The number of carbonyl (C=O) groups is 2.